The molecule has 0 atom stereocenters. The van der Waals surface area contributed by atoms with E-state index in [1.807, 2.05) is 20.8 Å². The van der Waals surface area contributed by atoms with Crippen LogP contribution in [-0.4, -0.2) is 13.2 Å². The summed E-state index contributed by atoms with van der Waals surface area (Å²) in [6, 6.07) is 0. The maximum absolute atomic E-state index is 11.2. The van der Waals surface area contributed by atoms with Crippen LogP contribution in [0.5, 0.6) is 0 Å². The molecule has 0 bridgehead atoms. The standard InChI is InChI=1S/C8H19NO2S/c1-6-7(2,3)8(4,5)12(9,10)11/h6H2,1-5H3,(H2,9,10,11). The van der Waals surface area contributed by atoms with Gasteiger partial charge in [0.25, 0.3) is 0 Å². The van der Waals surface area contributed by atoms with Crippen molar-refractivity contribution >= 4 is 10.0 Å². The van der Waals surface area contributed by atoms with Gasteiger partial charge in [-0.25, -0.2) is 13.6 Å². The lowest BCUT2D eigenvalue weighted by Gasteiger charge is -2.38. The predicted molar refractivity (Wildman–Crippen MR) is 51.3 cm³/mol. The zero-order valence-corrected chi connectivity index (χ0v) is 9.33. The van der Waals surface area contributed by atoms with E-state index in [0.29, 0.717) is 0 Å². The molecule has 0 heterocycles. The molecule has 4 heteroatoms. The summed E-state index contributed by atoms with van der Waals surface area (Å²) in [5, 5.41) is 5.15. The lowest BCUT2D eigenvalue weighted by atomic mass is 9.78. The summed E-state index contributed by atoms with van der Waals surface area (Å²) >= 11 is 0. The van der Waals surface area contributed by atoms with E-state index in [1.165, 1.54) is 0 Å². The number of hydrogen-bond donors (Lipinski definition) is 1. The largest absolute Gasteiger partial charge is 0.228 e. The second-order valence-corrected chi connectivity index (χ2v) is 6.40. The van der Waals surface area contributed by atoms with Crippen molar-refractivity contribution in [3.63, 3.8) is 0 Å². The lowest BCUT2D eigenvalue weighted by molar-refractivity contribution is 0.259. The van der Waals surface area contributed by atoms with E-state index in [9.17, 15) is 8.42 Å². The van der Waals surface area contributed by atoms with Gasteiger partial charge in [0.15, 0.2) is 0 Å². The van der Waals surface area contributed by atoms with E-state index in [4.69, 9.17) is 5.14 Å². The lowest BCUT2D eigenvalue weighted by Crippen LogP contribution is -2.49. The van der Waals surface area contributed by atoms with E-state index in [-0.39, 0.29) is 5.41 Å². The Morgan fingerprint density at radius 3 is 1.58 bits per heavy atom. The first kappa shape index (κ1) is 11.9. The number of primary sulfonamides is 1. The van der Waals surface area contributed by atoms with Gasteiger partial charge < -0.3 is 0 Å². The van der Waals surface area contributed by atoms with Gasteiger partial charge in [-0.1, -0.05) is 20.8 Å². The molecule has 0 aromatic rings. The second-order valence-electron chi connectivity index (χ2n) is 4.29. The van der Waals surface area contributed by atoms with Gasteiger partial charge in [0.1, 0.15) is 0 Å². The fraction of sp³-hybridized carbons (Fsp3) is 1.00. The summed E-state index contributed by atoms with van der Waals surface area (Å²) in [7, 11) is -3.47. The monoisotopic (exact) mass is 193 g/mol. The first-order chi connectivity index (χ1) is 5.06. The molecular formula is C8H19NO2S. The summed E-state index contributed by atoms with van der Waals surface area (Å²) in [5.41, 5.74) is -0.291. The van der Waals surface area contributed by atoms with Crippen molar-refractivity contribution in [3.05, 3.63) is 0 Å². The van der Waals surface area contributed by atoms with E-state index < -0.39 is 14.8 Å². The number of rotatable bonds is 3. The highest BCUT2D eigenvalue weighted by Gasteiger charge is 2.44. The minimum atomic E-state index is -3.47. The van der Waals surface area contributed by atoms with Crippen molar-refractivity contribution in [2.24, 2.45) is 10.6 Å². The van der Waals surface area contributed by atoms with Crippen LogP contribution in [0.15, 0.2) is 0 Å². The van der Waals surface area contributed by atoms with Crippen molar-refractivity contribution < 1.29 is 8.42 Å². The Labute approximate surface area is 75.4 Å². The molecule has 0 spiro atoms. The Balaban J connectivity index is 5.13. The van der Waals surface area contributed by atoms with Crippen LogP contribution in [0.3, 0.4) is 0 Å². The Morgan fingerprint density at radius 2 is 1.50 bits per heavy atom. The van der Waals surface area contributed by atoms with Crippen LogP contribution < -0.4 is 5.14 Å². The molecule has 0 amide bonds. The average Bonchev–Trinajstić information content (AvgIpc) is 1.85. The summed E-state index contributed by atoms with van der Waals surface area (Å²) in [4.78, 5) is 0. The molecule has 2 N–H and O–H groups in total. The van der Waals surface area contributed by atoms with Gasteiger partial charge in [0, 0.05) is 0 Å². The number of nitrogens with two attached hydrogens (primary N) is 1. The molecule has 74 valence electrons. The van der Waals surface area contributed by atoms with Crippen molar-refractivity contribution in [1.82, 2.24) is 0 Å². The molecule has 0 saturated heterocycles. The smallest absolute Gasteiger partial charge is 0.214 e. The van der Waals surface area contributed by atoms with Gasteiger partial charge in [-0.2, -0.15) is 0 Å². The van der Waals surface area contributed by atoms with Crippen LogP contribution in [0.4, 0.5) is 0 Å². The highest BCUT2D eigenvalue weighted by Crippen LogP contribution is 2.38. The van der Waals surface area contributed by atoms with Crippen molar-refractivity contribution in [1.29, 1.82) is 0 Å². The molecule has 0 aromatic carbocycles. The van der Waals surface area contributed by atoms with Gasteiger partial charge in [0.2, 0.25) is 10.0 Å². The Hall–Kier alpha value is -0.0900. The summed E-state index contributed by atoms with van der Waals surface area (Å²) < 4.78 is 21.6. The SMILES string of the molecule is CCC(C)(C)C(C)(C)S(N)(=O)=O. The maximum atomic E-state index is 11.2. The summed E-state index contributed by atoms with van der Waals surface area (Å²) in [5.74, 6) is 0. The first-order valence-corrected chi connectivity index (χ1v) is 5.63. The zero-order valence-electron chi connectivity index (χ0n) is 8.51. The molecular weight excluding hydrogens is 174 g/mol. The van der Waals surface area contributed by atoms with Crippen LogP contribution >= 0.6 is 0 Å². The quantitative estimate of drug-likeness (QED) is 0.738. The van der Waals surface area contributed by atoms with Gasteiger partial charge in [0.05, 0.1) is 4.75 Å². The van der Waals surface area contributed by atoms with Crippen LogP contribution in [0, 0.1) is 5.41 Å². The minimum Gasteiger partial charge on any atom is -0.228 e. The summed E-state index contributed by atoms with van der Waals surface area (Å²) in [6.45, 7) is 9.14. The van der Waals surface area contributed by atoms with Crippen LogP contribution in [0.25, 0.3) is 0 Å². The molecule has 0 fully saturated rings. The van der Waals surface area contributed by atoms with Gasteiger partial charge in [-0.3, -0.25) is 0 Å². The molecule has 0 aromatic heterocycles. The van der Waals surface area contributed by atoms with Crippen molar-refractivity contribution in [2.75, 3.05) is 0 Å². The second kappa shape index (κ2) is 3.00. The van der Waals surface area contributed by atoms with E-state index in [0.717, 1.165) is 6.42 Å². The van der Waals surface area contributed by atoms with E-state index in [2.05, 4.69) is 0 Å². The third-order valence-electron chi connectivity index (χ3n) is 3.23. The van der Waals surface area contributed by atoms with Gasteiger partial charge >= 0.3 is 0 Å². The van der Waals surface area contributed by atoms with Crippen LogP contribution in [0.1, 0.15) is 41.0 Å². The van der Waals surface area contributed by atoms with Crippen molar-refractivity contribution in [2.45, 2.75) is 45.8 Å². The molecule has 12 heavy (non-hydrogen) atoms. The van der Waals surface area contributed by atoms with Crippen LogP contribution in [-0.2, 0) is 10.0 Å². The molecule has 0 rings (SSSR count). The third kappa shape index (κ3) is 1.80. The first-order valence-electron chi connectivity index (χ1n) is 4.08. The zero-order chi connectivity index (χ0) is 10.2. The van der Waals surface area contributed by atoms with E-state index in [1.54, 1.807) is 13.8 Å². The van der Waals surface area contributed by atoms with Crippen molar-refractivity contribution in [3.8, 4) is 0 Å². The maximum Gasteiger partial charge on any atom is 0.214 e. The predicted octanol–water partition coefficient (Wildman–Crippen LogP) is 1.49. The van der Waals surface area contributed by atoms with Crippen LogP contribution in [0.2, 0.25) is 0 Å². The van der Waals surface area contributed by atoms with Gasteiger partial charge in [-0.05, 0) is 25.7 Å². The number of sulfonamides is 1. The molecule has 0 radical (unpaired) electrons. The normalized spacial score (nSPS) is 14.8. The third-order valence-corrected chi connectivity index (χ3v) is 5.20. The molecule has 0 aliphatic carbocycles. The fourth-order valence-corrected chi connectivity index (χ4v) is 1.73. The Morgan fingerprint density at radius 1 is 1.17 bits per heavy atom. The molecule has 0 aliphatic rings. The van der Waals surface area contributed by atoms with E-state index >= 15 is 0 Å². The minimum absolute atomic E-state index is 0.291. The Kier molecular flexibility index (Phi) is 2.97. The molecule has 3 nitrogen and oxygen atoms in total. The molecule has 0 aliphatic heterocycles. The fourth-order valence-electron chi connectivity index (χ4n) is 0.811. The number of hydrogen-bond acceptors (Lipinski definition) is 2. The highest BCUT2D eigenvalue weighted by molar-refractivity contribution is 7.90. The molecule has 0 unspecified atom stereocenters. The Bertz CT molecular complexity index is 252. The average molecular weight is 193 g/mol. The molecule has 0 saturated carbocycles. The highest BCUT2D eigenvalue weighted by atomic mass is 32.2. The summed E-state index contributed by atoms with van der Waals surface area (Å²) in [6.07, 6.45) is 0.788. The topological polar surface area (TPSA) is 60.2 Å². The van der Waals surface area contributed by atoms with Gasteiger partial charge in [-0.15, -0.1) is 0 Å².